The lowest BCUT2D eigenvalue weighted by Gasteiger charge is -2.39. The third-order valence-corrected chi connectivity index (χ3v) is 5.73. The van der Waals surface area contributed by atoms with Gasteiger partial charge in [-0.1, -0.05) is 31.2 Å². The Hall–Kier alpha value is -2.64. The molecule has 132 valence electrons. The highest BCUT2D eigenvalue weighted by Gasteiger charge is 2.43. The van der Waals surface area contributed by atoms with Crippen LogP contribution in [0.5, 0.6) is 0 Å². The molecular formula is C22H23N3O. The molecule has 4 rings (SSSR count). The average molecular weight is 345 g/mol. The Morgan fingerprint density at radius 1 is 1.19 bits per heavy atom. The van der Waals surface area contributed by atoms with Crippen LogP contribution in [0.2, 0.25) is 0 Å². The smallest absolute Gasteiger partial charge is 0.255 e. The molecule has 2 heterocycles. The second-order valence-corrected chi connectivity index (χ2v) is 7.30. The maximum atomic E-state index is 13.4. The van der Waals surface area contributed by atoms with Gasteiger partial charge in [-0.25, -0.2) is 0 Å². The zero-order valence-electron chi connectivity index (χ0n) is 15.2. The largest absolute Gasteiger partial charge is 0.329 e. The first kappa shape index (κ1) is 16.8. The molecule has 2 aliphatic heterocycles. The molecule has 0 bridgehead atoms. The predicted octanol–water partition coefficient (Wildman–Crippen LogP) is 3.14. The van der Waals surface area contributed by atoms with Crippen LogP contribution in [0.1, 0.15) is 51.0 Å². The van der Waals surface area contributed by atoms with E-state index in [0.717, 1.165) is 36.2 Å². The number of fused-ring (bicyclic) bond motifs is 3. The Morgan fingerprint density at radius 3 is 2.65 bits per heavy atom. The van der Waals surface area contributed by atoms with E-state index in [4.69, 9.17) is 5.26 Å². The van der Waals surface area contributed by atoms with Gasteiger partial charge in [0.05, 0.1) is 17.7 Å². The van der Waals surface area contributed by atoms with Crippen LogP contribution in [0.25, 0.3) is 0 Å². The number of amides is 1. The topological polar surface area (TPSA) is 56.1 Å². The summed E-state index contributed by atoms with van der Waals surface area (Å²) >= 11 is 0. The van der Waals surface area contributed by atoms with Crippen LogP contribution in [0.15, 0.2) is 36.4 Å². The van der Waals surface area contributed by atoms with Crippen molar-refractivity contribution in [3.05, 3.63) is 69.8 Å². The Bertz CT molecular complexity index is 895. The Morgan fingerprint density at radius 2 is 1.96 bits per heavy atom. The standard InChI is InChI=1S/C22H23N3O/c1-3-15-8-14(2)21-18(9-15)19-11-24-12-20(19)25(22(21)26)13-17-6-4-16(10-23)5-7-17/h4-9,19-20,24H,3,11-13H2,1-2H3/t19-,20+/m1/s1. The highest BCUT2D eigenvalue weighted by atomic mass is 16.2. The van der Waals surface area contributed by atoms with Crippen molar-refractivity contribution in [1.82, 2.24) is 10.2 Å². The van der Waals surface area contributed by atoms with Gasteiger partial charge in [-0.05, 0) is 47.7 Å². The van der Waals surface area contributed by atoms with E-state index >= 15 is 0 Å². The minimum absolute atomic E-state index is 0.134. The number of hydrogen-bond donors (Lipinski definition) is 1. The van der Waals surface area contributed by atoms with Crippen LogP contribution >= 0.6 is 0 Å². The molecule has 1 saturated heterocycles. The highest BCUT2D eigenvalue weighted by Crippen LogP contribution is 2.38. The second kappa shape index (κ2) is 6.59. The summed E-state index contributed by atoms with van der Waals surface area (Å²) in [5.41, 5.74) is 6.21. The molecule has 0 unspecified atom stereocenters. The van der Waals surface area contributed by atoms with Gasteiger partial charge in [-0.15, -0.1) is 0 Å². The van der Waals surface area contributed by atoms with Crippen LogP contribution in [-0.4, -0.2) is 29.9 Å². The molecule has 2 aliphatic rings. The number of nitriles is 1. The van der Waals surface area contributed by atoms with E-state index in [-0.39, 0.29) is 11.9 Å². The first-order valence-corrected chi connectivity index (χ1v) is 9.26. The summed E-state index contributed by atoms with van der Waals surface area (Å²) in [6, 6.07) is 14.3. The second-order valence-electron chi connectivity index (χ2n) is 7.30. The van der Waals surface area contributed by atoms with Gasteiger partial charge in [-0.2, -0.15) is 5.26 Å². The predicted molar refractivity (Wildman–Crippen MR) is 101 cm³/mol. The average Bonchev–Trinajstić information content (AvgIpc) is 3.15. The van der Waals surface area contributed by atoms with Gasteiger partial charge in [0.2, 0.25) is 0 Å². The fraction of sp³-hybridized carbons (Fsp3) is 0.364. The minimum atomic E-state index is 0.134. The summed E-state index contributed by atoms with van der Waals surface area (Å²) in [6.07, 6.45) is 0.988. The van der Waals surface area contributed by atoms with Crippen LogP contribution in [0, 0.1) is 18.3 Å². The van der Waals surface area contributed by atoms with E-state index < -0.39 is 0 Å². The van der Waals surface area contributed by atoms with E-state index in [1.54, 1.807) is 0 Å². The van der Waals surface area contributed by atoms with Gasteiger partial charge in [-0.3, -0.25) is 4.79 Å². The van der Waals surface area contributed by atoms with Crippen molar-refractivity contribution in [2.24, 2.45) is 0 Å². The van der Waals surface area contributed by atoms with Crippen LogP contribution in [0.4, 0.5) is 0 Å². The van der Waals surface area contributed by atoms with Crippen molar-refractivity contribution >= 4 is 5.91 Å². The van der Waals surface area contributed by atoms with Gasteiger partial charge in [0, 0.05) is 31.1 Å². The number of rotatable bonds is 3. The molecule has 26 heavy (non-hydrogen) atoms. The number of carbonyl (C=O) groups is 1. The molecule has 1 amide bonds. The lowest BCUT2D eigenvalue weighted by atomic mass is 9.81. The van der Waals surface area contributed by atoms with Crippen LogP contribution < -0.4 is 5.32 Å². The lowest BCUT2D eigenvalue weighted by molar-refractivity contribution is 0.0629. The zero-order valence-corrected chi connectivity index (χ0v) is 15.2. The molecule has 1 fully saturated rings. The maximum Gasteiger partial charge on any atom is 0.255 e. The summed E-state index contributed by atoms with van der Waals surface area (Å²) in [4.78, 5) is 15.4. The number of nitrogens with zero attached hydrogens (tertiary/aromatic N) is 2. The highest BCUT2D eigenvalue weighted by molar-refractivity contribution is 5.99. The summed E-state index contributed by atoms with van der Waals surface area (Å²) in [7, 11) is 0. The van der Waals surface area contributed by atoms with E-state index in [0.29, 0.717) is 18.0 Å². The molecule has 0 aromatic heterocycles. The third-order valence-electron chi connectivity index (χ3n) is 5.73. The summed E-state index contributed by atoms with van der Waals surface area (Å²) in [6.45, 7) is 6.55. The Labute approximate surface area is 154 Å². The first-order valence-electron chi connectivity index (χ1n) is 9.26. The summed E-state index contributed by atoms with van der Waals surface area (Å²) < 4.78 is 0. The van der Waals surface area contributed by atoms with Crippen molar-refractivity contribution in [2.45, 2.75) is 38.8 Å². The van der Waals surface area contributed by atoms with Crippen molar-refractivity contribution in [3.63, 3.8) is 0 Å². The number of aryl methyl sites for hydroxylation is 2. The van der Waals surface area contributed by atoms with E-state index in [1.165, 1.54) is 11.1 Å². The van der Waals surface area contributed by atoms with Gasteiger partial charge in [0.1, 0.15) is 0 Å². The Balaban J connectivity index is 1.73. The van der Waals surface area contributed by atoms with Gasteiger partial charge in [0.25, 0.3) is 5.91 Å². The van der Waals surface area contributed by atoms with Gasteiger partial charge < -0.3 is 10.2 Å². The van der Waals surface area contributed by atoms with E-state index in [1.807, 2.05) is 29.2 Å². The summed E-state index contributed by atoms with van der Waals surface area (Å²) in [5.74, 6) is 0.487. The molecule has 2 aromatic carbocycles. The molecule has 2 aromatic rings. The molecule has 4 nitrogen and oxygen atoms in total. The van der Waals surface area contributed by atoms with Crippen LogP contribution in [-0.2, 0) is 13.0 Å². The molecular weight excluding hydrogens is 322 g/mol. The molecule has 0 spiro atoms. The monoisotopic (exact) mass is 345 g/mol. The van der Waals surface area contributed by atoms with Crippen LogP contribution in [0.3, 0.4) is 0 Å². The molecule has 0 aliphatic carbocycles. The number of carbonyl (C=O) groups excluding carboxylic acids is 1. The quantitative estimate of drug-likeness (QED) is 0.930. The molecule has 4 heteroatoms. The minimum Gasteiger partial charge on any atom is -0.329 e. The summed E-state index contributed by atoms with van der Waals surface area (Å²) in [5, 5.41) is 12.5. The lowest BCUT2D eigenvalue weighted by Crippen LogP contribution is -2.48. The number of nitrogens with one attached hydrogen (secondary N) is 1. The maximum absolute atomic E-state index is 13.4. The fourth-order valence-electron chi connectivity index (χ4n) is 4.35. The third kappa shape index (κ3) is 2.69. The Kier molecular flexibility index (Phi) is 4.26. The normalized spacial score (nSPS) is 21.3. The number of benzene rings is 2. The zero-order chi connectivity index (χ0) is 18.3. The molecule has 0 radical (unpaired) electrons. The van der Waals surface area contributed by atoms with Crippen molar-refractivity contribution < 1.29 is 4.79 Å². The molecule has 2 atom stereocenters. The van der Waals surface area contributed by atoms with Crippen molar-refractivity contribution in [3.8, 4) is 6.07 Å². The van der Waals surface area contributed by atoms with Gasteiger partial charge >= 0.3 is 0 Å². The molecule has 1 N–H and O–H groups in total. The molecule has 0 saturated carbocycles. The van der Waals surface area contributed by atoms with E-state index in [9.17, 15) is 4.79 Å². The number of hydrogen-bond acceptors (Lipinski definition) is 3. The van der Waals surface area contributed by atoms with Crippen molar-refractivity contribution in [2.75, 3.05) is 13.1 Å². The van der Waals surface area contributed by atoms with Gasteiger partial charge in [0.15, 0.2) is 0 Å². The van der Waals surface area contributed by atoms with E-state index in [2.05, 4.69) is 37.4 Å². The fourth-order valence-corrected chi connectivity index (χ4v) is 4.35. The van der Waals surface area contributed by atoms with Crippen molar-refractivity contribution in [1.29, 1.82) is 5.26 Å². The first-order chi connectivity index (χ1) is 12.6. The SMILES string of the molecule is CCc1cc(C)c2c(c1)[C@H]1CNC[C@@H]1N(Cc1ccc(C#N)cc1)C2=O.